The van der Waals surface area contributed by atoms with Gasteiger partial charge in [-0.15, -0.1) is 0 Å². The lowest BCUT2D eigenvalue weighted by atomic mass is 10.1. The second kappa shape index (κ2) is 6.77. The molecule has 4 nitrogen and oxygen atoms in total. The van der Waals surface area contributed by atoms with Gasteiger partial charge in [-0.1, -0.05) is 31.5 Å². The van der Waals surface area contributed by atoms with Crippen LogP contribution < -0.4 is 10.6 Å². The Bertz CT molecular complexity index is 660. The van der Waals surface area contributed by atoms with Crippen molar-refractivity contribution in [2.24, 2.45) is 10.9 Å². The van der Waals surface area contributed by atoms with Gasteiger partial charge < -0.3 is 10.6 Å². The standard InChI is InChI=1S/C18H24N4/c1-3-6-13-11-17(13)22-18(19-2)21-12-14-9-10-20-16-8-5-4-7-15(14)16/h4-5,7-10,13,17H,3,6,11-12H2,1-2H3,(H2,19,21,22). The lowest BCUT2D eigenvalue weighted by Gasteiger charge is -2.13. The third kappa shape index (κ3) is 3.38. The van der Waals surface area contributed by atoms with Gasteiger partial charge in [0.05, 0.1) is 5.52 Å². The molecular formula is C18H24N4. The molecule has 1 aromatic carbocycles. The Hall–Kier alpha value is -2.10. The summed E-state index contributed by atoms with van der Waals surface area (Å²) in [4.78, 5) is 8.74. The van der Waals surface area contributed by atoms with Gasteiger partial charge in [0.25, 0.3) is 0 Å². The Morgan fingerprint density at radius 1 is 1.32 bits per heavy atom. The van der Waals surface area contributed by atoms with E-state index in [-0.39, 0.29) is 0 Å². The van der Waals surface area contributed by atoms with Gasteiger partial charge in [0.1, 0.15) is 0 Å². The minimum atomic E-state index is 0.598. The fraction of sp³-hybridized carbons (Fsp3) is 0.444. The van der Waals surface area contributed by atoms with E-state index >= 15 is 0 Å². The van der Waals surface area contributed by atoms with Crippen LogP contribution in [0.15, 0.2) is 41.5 Å². The SMILES string of the molecule is CCCC1CC1NC(=NC)NCc1ccnc2ccccc12. The number of fused-ring (bicyclic) bond motifs is 1. The van der Waals surface area contributed by atoms with E-state index in [1.54, 1.807) is 0 Å². The van der Waals surface area contributed by atoms with Crippen molar-refractivity contribution in [2.45, 2.75) is 38.8 Å². The van der Waals surface area contributed by atoms with Crippen molar-refractivity contribution in [3.8, 4) is 0 Å². The molecule has 0 radical (unpaired) electrons. The smallest absolute Gasteiger partial charge is 0.191 e. The van der Waals surface area contributed by atoms with E-state index in [1.807, 2.05) is 25.4 Å². The van der Waals surface area contributed by atoms with Crippen molar-refractivity contribution < 1.29 is 0 Å². The molecule has 2 atom stereocenters. The molecule has 116 valence electrons. The first-order chi connectivity index (χ1) is 10.8. The zero-order valence-electron chi connectivity index (χ0n) is 13.3. The minimum absolute atomic E-state index is 0.598. The van der Waals surface area contributed by atoms with Crippen molar-refractivity contribution in [1.29, 1.82) is 0 Å². The van der Waals surface area contributed by atoms with Crippen molar-refractivity contribution in [3.05, 3.63) is 42.1 Å². The number of nitrogens with one attached hydrogen (secondary N) is 2. The van der Waals surface area contributed by atoms with E-state index in [4.69, 9.17) is 0 Å². The Kier molecular flexibility index (Phi) is 4.56. The quantitative estimate of drug-likeness (QED) is 0.658. The van der Waals surface area contributed by atoms with Crippen LogP contribution in [0.5, 0.6) is 0 Å². The van der Waals surface area contributed by atoms with E-state index < -0.39 is 0 Å². The van der Waals surface area contributed by atoms with Crippen molar-refractivity contribution >= 4 is 16.9 Å². The van der Waals surface area contributed by atoms with Crippen LogP contribution in [0.25, 0.3) is 10.9 Å². The molecule has 0 amide bonds. The summed E-state index contributed by atoms with van der Waals surface area (Å²) in [6.45, 7) is 3.00. The summed E-state index contributed by atoms with van der Waals surface area (Å²) < 4.78 is 0. The highest BCUT2D eigenvalue weighted by molar-refractivity contribution is 5.84. The second-order valence-electron chi connectivity index (χ2n) is 5.95. The third-order valence-corrected chi connectivity index (χ3v) is 4.31. The lowest BCUT2D eigenvalue weighted by molar-refractivity contribution is 0.655. The summed E-state index contributed by atoms with van der Waals surface area (Å²) >= 11 is 0. The van der Waals surface area contributed by atoms with Crippen LogP contribution in [0.4, 0.5) is 0 Å². The topological polar surface area (TPSA) is 49.3 Å². The van der Waals surface area contributed by atoms with Gasteiger partial charge in [0.2, 0.25) is 0 Å². The molecule has 0 aliphatic heterocycles. The molecule has 0 saturated heterocycles. The van der Waals surface area contributed by atoms with Crippen LogP contribution in [0.1, 0.15) is 31.7 Å². The van der Waals surface area contributed by atoms with E-state index in [2.05, 4.69) is 45.7 Å². The summed E-state index contributed by atoms with van der Waals surface area (Å²) in [7, 11) is 1.83. The first-order valence-electron chi connectivity index (χ1n) is 8.11. The number of hydrogen-bond donors (Lipinski definition) is 2. The van der Waals surface area contributed by atoms with E-state index in [1.165, 1.54) is 30.2 Å². The molecule has 3 rings (SSSR count). The van der Waals surface area contributed by atoms with Crippen LogP contribution >= 0.6 is 0 Å². The van der Waals surface area contributed by atoms with Crippen LogP contribution in [0.3, 0.4) is 0 Å². The van der Waals surface area contributed by atoms with Gasteiger partial charge in [0, 0.05) is 31.2 Å². The van der Waals surface area contributed by atoms with Crippen LogP contribution in [-0.2, 0) is 6.54 Å². The highest BCUT2D eigenvalue weighted by Gasteiger charge is 2.36. The number of nitrogens with zero attached hydrogens (tertiary/aromatic N) is 2. The maximum absolute atomic E-state index is 4.40. The predicted molar refractivity (Wildman–Crippen MR) is 91.9 cm³/mol. The average molecular weight is 296 g/mol. The summed E-state index contributed by atoms with van der Waals surface area (Å²) in [5.41, 5.74) is 2.28. The second-order valence-corrected chi connectivity index (χ2v) is 5.95. The van der Waals surface area contributed by atoms with Gasteiger partial charge >= 0.3 is 0 Å². The Morgan fingerprint density at radius 2 is 2.18 bits per heavy atom. The molecule has 1 heterocycles. The number of hydrogen-bond acceptors (Lipinski definition) is 2. The molecule has 1 aliphatic rings. The highest BCUT2D eigenvalue weighted by atomic mass is 15.2. The van der Waals surface area contributed by atoms with Gasteiger partial charge in [-0.2, -0.15) is 0 Å². The number of benzene rings is 1. The summed E-state index contributed by atoms with van der Waals surface area (Å²) in [5.74, 6) is 1.72. The average Bonchev–Trinajstić information content (AvgIpc) is 3.29. The monoisotopic (exact) mass is 296 g/mol. The van der Waals surface area contributed by atoms with Crippen molar-refractivity contribution in [2.75, 3.05) is 7.05 Å². The maximum Gasteiger partial charge on any atom is 0.191 e. The molecule has 2 unspecified atom stereocenters. The van der Waals surface area contributed by atoms with Gasteiger partial charge in [0.15, 0.2) is 5.96 Å². The third-order valence-electron chi connectivity index (χ3n) is 4.31. The van der Waals surface area contributed by atoms with Crippen LogP contribution in [-0.4, -0.2) is 24.0 Å². The minimum Gasteiger partial charge on any atom is -0.353 e. The van der Waals surface area contributed by atoms with Gasteiger partial charge in [-0.3, -0.25) is 9.98 Å². The molecule has 22 heavy (non-hydrogen) atoms. The molecule has 0 bridgehead atoms. The zero-order chi connectivity index (χ0) is 15.4. The first-order valence-corrected chi connectivity index (χ1v) is 8.11. The molecule has 0 spiro atoms. The molecule has 4 heteroatoms. The number of rotatable bonds is 5. The van der Waals surface area contributed by atoms with Crippen LogP contribution in [0.2, 0.25) is 0 Å². The van der Waals surface area contributed by atoms with Gasteiger partial charge in [-0.25, -0.2) is 0 Å². The Balaban J connectivity index is 1.61. The Morgan fingerprint density at radius 3 is 3.00 bits per heavy atom. The lowest BCUT2D eigenvalue weighted by Crippen LogP contribution is -2.38. The number of para-hydroxylation sites is 1. The fourth-order valence-corrected chi connectivity index (χ4v) is 2.97. The number of guanidine groups is 1. The molecule has 1 aliphatic carbocycles. The number of aromatic nitrogens is 1. The number of pyridine rings is 1. The first kappa shape index (κ1) is 14.8. The predicted octanol–water partition coefficient (Wildman–Crippen LogP) is 3.09. The molecule has 1 fully saturated rings. The molecular weight excluding hydrogens is 272 g/mol. The summed E-state index contributed by atoms with van der Waals surface area (Å²) in [6.07, 6.45) is 5.71. The van der Waals surface area contributed by atoms with Crippen molar-refractivity contribution in [1.82, 2.24) is 15.6 Å². The molecule has 2 N–H and O–H groups in total. The normalized spacial score (nSPS) is 20.9. The highest BCUT2D eigenvalue weighted by Crippen LogP contribution is 2.34. The maximum atomic E-state index is 4.40. The zero-order valence-corrected chi connectivity index (χ0v) is 13.3. The van der Waals surface area contributed by atoms with Crippen LogP contribution in [0, 0.1) is 5.92 Å². The molecule has 2 aromatic rings. The molecule has 1 saturated carbocycles. The molecule has 1 aromatic heterocycles. The Labute approximate surface area is 132 Å². The summed E-state index contributed by atoms with van der Waals surface area (Å²) in [6, 6.07) is 10.9. The van der Waals surface area contributed by atoms with E-state index in [0.717, 1.165) is 23.9 Å². The summed E-state index contributed by atoms with van der Waals surface area (Å²) in [5, 5.41) is 8.14. The van der Waals surface area contributed by atoms with E-state index in [9.17, 15) is 0 Å². The van der Waals surface area contributed by atoms with E-state index in [0.29, 0.717) is 6.04 Å². The fourth-order valence-electron chi connectivity index (χ4n) is 2.97. The number of aliphatic imine (C=N–C) groups is 1. The van der Waals surface area contributed by atoms with Crippen molar-refractivity contribution in [3.63, 3.8) is 0 Å². The largest absolute Gasteiger partial charge is 0.353 e. The van der Waals surface area contributed by atoms with Gasteiger partial charge in [-0.05, 0) is 36.5 Å².